The molecule has 0 atom stereocenters. The molecule has 0 unspecified atom stereocenters. The molecule has 14 heavy (non-hydrogen) atoms. The van der Waals surface area contributed by atoms with E-state index in [1.807, 2.05) is 0 Å². The fraction of sp³-hybridized carbons (Fsp3) is 0.778. The van der Waals surface area contributed by atoms with Crippen molar-refractivity contribution < 1.29 is 0 Å². The van der Waals surface area contributed by atoms with E-state index < -0.39 is 0 Å². The molecule has 0 amide bonds. The van der Waals surface area contributed by atoms with Crippen molar-refractivity contribution in [2.75, 3.05) is 13.1 Å². The predicted octanol–water partition coefficient (Wildman–Crippen LogP) is 0.929. The fourth-order valence-electron chi connectivity index (χ4n) is 1.22. The van der Waals surface area contributed by atoms with Gasteiger partial charge in [0.05, 0.1) is 10.6 Å². The highest BCUT2D eigenvalue weighted by atomic mass is 32.1. The van der Waals surface area contributed by atoms with E-state index in [4.69, 9.17) is 5.73 Å². The summed E-state index contributed by atoms with van der Waals surface area (Å²) in [7, 11) is 0. The van der Waals surface area contributed by atoms with Crippen molar-refractivity contribution in [2.24, 2.45) is 5.73 Å². The maximum atomic E-state index is 5.40. The largest absolute Gasteiger partial charge is 0.330 e. The summed E-state index contributed by atoms with van der Waals surface area (Å²) in [6, 6.07) is 0. The second-order valence-corrected chi connectivity index (χ2v) is 4.05. The van der Waals surface area contributed by atoms with Gasteiger partial charge in [-0.1, -0.05) is 17.8 Å². The lowest BCUT2D eigenvalue weighted by Gasteiger charge is -2.02. The van der Waals surface area contributed by atoms with Gasteiger partial charge in [0.25, 0.3) is 0 Å². The van der Waals surface area contributed by atoms with Crippen LogP contribution in [0.4, 0.5) is 0 Å². The molecule has 5 heteroatoms. The molecule has 0 aliphatic heterocycles. The summed E-state index contributed by atoms with van der Waals surface area (Å²) in [5.41, 5.74) is 6.55. The Labute approximate surface area is 89.1 Å². The van der Waals surface area contributed by atoms with Crippen LogP contribution in [0.1, 0.15) is 30.3 Å². The zero-order chi connectivity index (χ0) is 10.2. The van der Waals surface area contributed by atoms with E-state index in [-0.39, 0.29) is 0 Å². The van der Waals surface area contributed by atoms with Crippen LogP contribution in [-0.2, 0) is 13.0 Å². The molecule has 0 aromatic carbocycles. The lowest BCUT2D eigenvalue weighted by Crippen LogP contribution is -2.17. The average molecular weight is 214 g/mol. The van der Waals surface area contributed by atoms with Crippen LogP contribution in [0, 0.1) is 0 Å². The molecule has 1 rings (SSSR count). The first-order valence-corrected chi connectivity index (χ1v) is 5.86. The zero-order valence-corrected chi connectivity index (χ0v) is 9.44. The van der Waals surface area contributed by atoms with Gasteiger partial charge in [-0.15, -0.1) is 5.10 Å². The molecule has 0 saturated heterocycles. The third-order valence-corrected chi connectivity index (χ3v) is 2.73. The highest BCUT2D eigenvalue weighted by Gasteiger charge is 2.05. The quantitative estimate of drug-likeness (QED) is 0.663. The molecule has 0 fully saturated rings. The van der Waals surface area contributed by atoms with Gasteiger partial charge in [0.1, 0.15) is 0 Å². The van der Waals surface area contributed by atoms with Crippen molar-refractivity contribution in [3.63, 3.8) is 0 Å². The van der Waals surface area contributed by atoms with E-state index in [1.165, 1.54) is 16.4 Å². The van der Waals surface area contributed by atoms with Crippen molar-refractivity contribution in [3.05, 3.63) is 10.6 Å². The number of nitrogens with two attached hydrogens (primary N) is 1. The third kappa shape index (κ3) is 3.69. The molecule has 0 bridgehead atoms. The monoisotopic (exact) mass is 214 g/mol. The number of nitrogens with one attached hydrogen (secondary N) is 1. The molecule has 4 nitrogen and oxygen atoms in total. The molecule has 80 valence electrons. The van der Waals surface area contributed by atoms with E-state index in [0.717, 1.165) is 44.6 Å². The summed E-state index contributed by atoms with van der Waals surface area (Å²) >= 11 is 1.49. The van der Waals surface area contributed by atoms with Crippen LogP contribution >= 0.6 is 11.5 Å². The van der Waals surface area contributed by atoms with Gasteiger partial charge >= 0.3 is 0 Å². The van der Waals surface area contributed by atoms with Gasteiger partial charge in [-0.25, -0.2) is 0 Å². The van der Waals surface area contributed by atoms with E-state index in [1.54, 1.807) is 0 Å². The minimum Gasteiger partial charge on any atom is -0.330 e. The van der Waals surface area contributed by atoms with Crippen LogP contribution < -0.4 is 11.1 Å². The SMILES string of the molecule is CCCc1nnsc1CNCCCN. The van der Waals surface area contributed by atoms with E-state index in [9.17, 15) is 0 Å². The molecule has 0 saturated carbocycles. The van der Waals surface area contributed by atoms with Crippen LogP contribution in [0.25, 0.3) is 0 Å². The first-order chi connectivity index (χ1) is 6.88. The Morgan fingerprint density at radius 1 is 1.50 bits per heavy atom. The molecular formula is C9H18N4S. The second kappa shape index (κ2) is 6.86. The number of nitrogens with zero attached hydrogens (tertiary/aromatic N) is 2. The standard InChI is InChI=1S/C9H18N4S/c1-2-4-8-9(14-13-12-8)7-11-6-3-5-10/h11H,2-7,10H2,1H3. The van der Waals surface area contributed by atoms with Gasteiger partial charge in [-0.05, 0) is 37.5 Å². The Kier molecular flexibility index (Phi) is 5.66. The summed E-state index contributed by atoms with van der Waals surface area (Å²) in [5, 5.41) is 7.45. The van der Waals surface area contributed by atoms with Gasteiger partial charge in [0, 0.05) is 6.54 Å². The summed E-state index contributed by atoms with van der Waals surface area (Å²) in [6.45, 7) is 4.76. The fourth-order valence-corrected chi connectivity index (χ4v) is 1.87. The number of aromatic nitrogens is 2. The van der Waals surface area contributed by atoms with E-state index >= 15 is 0 Å². The molecule has 0 aliphatic rings. The number of rotatable bonds is 7. The number of hydrogen-bond donors (Lipinski definition) is 2. The maximum absolute atomic E-state index is 5.40. The predicted molar refractivity (Wildman–Crippen MR) is 59.3 cm³/mol. The van der Waals surface area contributed by atoms with E-state index in [2.05, 4.69) is 21.8 Å². The van der Waals surface area contributed by atoms with Crippen LogP contribution in [-0.4, -0.2) is 22.7 Å². The molecule has 0 aliphatic carbocycles. The zero-order valence-electron chi connectivity index (χ0n) is 8.62. The Bertz CT molecular complexity index is 249. The van der Waals surface area contributed by atoms with Gasteiger partial charge < -0.3 is 11.1 Å². The van der Waals surface area contributed by atoms with Crippen molar-refractivity contribution >= 4 is 11.5 Å². The van der Waals surface area contributed by atoms with Gasteiger partial charge in [-0.3, -0.25) is 0 Å². The van der Waals surface area contributed by atoms with Crippen LogP contribution in [0.2, 0.25) is 0 Å². The van der Waals surface area contributed by atoms with Crippen molar-refractivity contribution in [1.29, 1.82) is 0 Å². The number of aryl methyl sites for hydroxylation is 1. The molecule has 0 spiro atoms. The van der Waals surface area contributed by atoms with Crippen LogP contribution in [0.5, 0.6) is 0 Å². The third-order valence-electron chi connectivity index (χ3n) is 1.96. The minimum atomic E-state index is 0.746. The Morgan fingerprint density at radius 2 is 2.36 bits per heavy atom. The van der Waals surface area contributed by atoms with Gasteiger partial charge in [0.2, 0.25) is 0 Å². The number of hydrogen-bond acceptors (Lipinski definition) is 5. The average Bonchev–Trinajstić information content (AvgIpc) is 2.61. The maximum Gasteiger partial charge on any atom is 0.0800 e. The Balaban J connectivity index is 2.30. The van der Waals surface area contributed by atoms with Gasteiger partial charge in [0.15, 0.2) is 0 Å². The van der Waals surface area contributed by atoms with Gasteiger partial charge in [-0.2, -0.15) is 0 Å². The summed E-state index contributed by atoms with van der Waals surface area (Å²) < 4.78 is 3.97. The summed E-state index contributed by atoms with van der Waals surface area (Å²) in [6.07, 6.45) is 3.18. The normalized spacial score (nSPS) is 10.7. The van der Waals surface area contributed by atoms with E-state index in [0.29, 0.717) is 0 Å². The topological polar surface area (TPSA) is 63.8 Å². The summed E-state index contributed by atoms with van der Waals surface area (Å²) in [5.74, 6) is 0. The van der Waals surface area contributed by atoms with Crippen molar-refractivity contribution in [1.82, 2.24) is 14.9 Å². The molecule has 0 radical (unpaired) electrons. The molecule has 3 N–H and O–H groups in total. The van der Waals surface area contributed by atoms with Crippen molar-refractivity contribution in [2.45, 2.75) is 32.7 Å². The smallest absolute Gasteiger partial charge is 0.0800 e. The summed E-state index contributed by atoms with van der Waals surface area (Å²) in [4.78, 5) is 1.27. The first kappa shape index (κ1) is 11.6. The van der Waals surface area contributed by atoms with Crippen LogP contribution in [0.15, 0.2) is 0 Å². The minimum absolute atomic E-state index is 0.746. The van der Waals surface area contributed by atoms with Crippen LogP contribution in [0.3, 0.4) is 0 Å². The molecule has 1 aromatic rings. The molecular weight excluding hydrogens is 196 g/mol. The first-order valence-electron chi connectivity index (χ1n) is 5.09. The Morgan fingerprint density at radius 3 is 3.07 bits per heavy atom. The highest BCUT2D eigenvalue weighted by molar-refractivity contribution is 7.05. The lowest BCUT2D eigenvalue weighted by molar-refractivity contribution is 0.655. The Hall–Kier alpha value is -0.520. The van der Waals surface area contributed by atoms with Crippen molar-refractivity contribution in [3.8, 4) is 0 Å². The second-order valence-electron chi connectivity index (χ2n) is 3.21. The highest BCUT2D eigenvalue weighted by Crippen LogP contribution is 2.11. The molecule has 1 heterocycles. The lowest BCUT2D eigenvalue weighted by atomic mass is 10.2. The molecule has 1 aromatic heterocycles.